The average molecular weight is 355 g/mol. The van der Waals surface area contributed by atoms with Gasteiger partial charge >= 0.3 is 0 Å². The summed E-state index contributed by atoms with van der Waals surface area (Å²) < 4.78 is 51.6. The second-order valence-electron chi connectivity index (χ2n) is 5.77. The number of hydrogen-bond donors (Lipinski definition) is 1. The molecule has 0 atom stereocenters. The molecular formula is C12H22N2O4S3. The van der Waals surface area contributed by atoms with Crippen molar-refractivity contribution in [3.05, 3.63) is 17.0 Å². The second kappa shape index (κ2) is 6.33. The monoisotopic (exact) mass is 354 g/mol. The number of aryl methyl sites for hydroxylation is 1. The third kappa shape index (κ3) is 5.33. The largest absolute Gasteiger partial charge is 0.250 e. The highest BCUT2D eigenvalue weighted by Crippen LogP contribution is 2.20. The Balaban J connectivity index is 2.76. The fraction of sp³-hybridized carbons (Fsp3) is 0.667. The van der Waals surface area contributed by atoms with Gasteiger partial charge in [-0.15, -0.1) is 11.3 Å². The SMILES string of the molecule is Cc1ccc(S(=O)(=O)NCCN(C(C)(C)C)S(C)(=O)=O)s1. The molecule has 1 heterocycles. The number of rotatable bonds is 6. The van der Waals surface area contributed by atoms with E-state index in [1.807, 2.05) is 6.92 Å². The molecule has 0 radical (unpaired) electrons. The van der Waals surface area contributed by atoms with Gasteiger partial charge in [-0.3, -0.25) is 0 Å². The van der Waals surface area contributed by atoms with Gasteiger partial charge in [-0.05, 0) is 39.8 Å². The van der Waals surface area contributed by atoms with Crippen molar-refractivity contribution in [2.45, 2.75) is 37.4 Å². The summed E-state index contributed by atoms with van der Waals surface area (Å²) in [7, 11) is -6.98. The number of hydrogen-bond acceptors (Lipinski definition) is 5. The molecule has 1 aromatic heterocycles. The van der Waals surface area contributed by atoms with Crippen molar-refractivity contribution in [1.82, 2.24) is 9.03 Å². The molecule has 0 saturated heterocycles. The lowest BCUT2D eigenvalue weighted by molar-refractivity contribution is 0.254. The molecule has 1 rings (SSSR count). The van der Waals surface area contributed by atoms with E-state index in [0.717, 1.165) is 11.1 Å². The first-order chi connectivity index (χ1) is 9.34. The molecule has 1 N–H and O–H groups in total. The summed E-state index contributed by atoms with van der Waals surface area (Å²) in [5.74, 6) is 0. The van der Waals surface area contributed by atoms with Crippen molar-refractivity contribution in [3.63, 3.8) is 0 Å². The highest BCUT2D eigenvalue weighted by atomic mass is 32.2. The van der Waals surface area contributed by atoms with E-state index >= 15 is 0 Å². The van der Waals surface area contributed by atoms with Crippen LogP contribution in [0.1, 0.15) is 25.6 Å². The molecule has 0 saturated carbocycles. The standard InChI is InChI=1S/C12H22N2O4S3/c1-10-6-7-11(19-10)21(17,18)13-8-9-14(12(2,3)4)20(5,15)16/h6-7,13H,8-9H2,1-5H3. The predicted octanol–water partition coefficient (Wildman–Crippen LogP) is 1.39. The summed E-state index contributed by atoms with van der Waals surface area (Å²) in [6.07, 6.45) is 1.12. The molecule has 0 aliphatic heterocycles. The van der Waals surface area contributed by atoms with Crippen LogP contribution in [-0.2, 0) is 20.0 Å². The van der Waals surface area contributed by atoms with Crippen LogP contribution in [0.25, 0.3) is 0 Å². The zero-order valence-electron chi connectivity index (χ0n) is 12.9. The molecule has 0 fully saturated rings. The molecule has 6 nitrogen and oxygen atoms in total. The Morgan fingerprint density at radius 3 is 2.14 bits per heavy atom. The molecule has 0 aromatic carbocycles. The Hall–Kier alpha value is -0.480. The van der Waals surface area contributed by atoms with Crippen molar-refractivity contribution in [2.24, 2.45) is 0 Å². The average Bonchev–Trinajstić information content (AvgIpc) is 2.68. The van der Waals surface area contributed by atoms with Gasteiger partial charge in [0.15, 0.2) is 0 Å². The van der Waals surface area contributed by atoms with Crippen molar-refractivity contribution >= 4 is 31.4 Å². The van der Waals surface area contributed by atoms with Crippen molar-refractivity contribution in [3.8, 4) is 0 Å². The Bertz CT molecular complexity index is 684. The maximum absolute atomic E-state index is 12.1. The normalized spacial score (nSPS) is 13.8. The van der Waals surface area contributed by atoms with E-state index in [2.05, 4.69) is 4.72 Å². The Morgan fingerprint density at radius 1 is 1.19 bits per heavy atom. The van der Waals surface area contributed by atoms with E-state index in [0.29, 0.717) is 0 Å². The molecule has 9 heteroatoms. The first kappa shape index (κ1) is 18.6. The van der Waals surface area contributed by atoms with Crippen LogP contribution in [0.3, 0.4) is 0 Å². The Morgan fingerprint density at radius 2 is 1.76 bits per heavy atom. The van der Waals surface area contributed by atoms with E-state index in [1.165, 1.54) is 15.6 Å². The molecule has 21 heavy (non-hydrogen) atoms. The molecule has 1 aromatic rings. The lowest BCUT2D eigenvalue weighted by atomic mass is 10.1. The van der Waals surface area contributed by atoms with Crippen LogP contribution in [0.4, 0.5) is 0 Å². The molecule has 0 amide bonds. The van der Waals surface area contributed by atoms with Gasteiger partial charge in [0, 0.05) is 23.5 Å². The molecule has 0 bridgehead atoms. The van der Waals surface area contributed by atoms with Gasteiger partial charge in [0.05, 0.1) is 6.26 Å². The van der Waals surface area contributed by atoms with Gasteiger partial charge in [-0.1, -0.05) is 0 Å². The maximum atomic E-state index is 12.1. The quantitative estimate of drug-likeness (QED) is 0.837. The first-order valence-electron chi connectivity index (χ1n) is 6.38. The van der Waals surface area contributed by atoms with Crippen molar-refractivity contribution in [1.29, 1.82) is 0 Å². The first-order valence-corrected chi connectivity index (χ1v) is 10.5. The van der Waals surface area contributed by atoms with Gasteiger partial charge in [-0.25, -0.2) is 21.6 Å². The minimum Gasteiger partial charge on any atom is -0.212 e. The van der Waals surface area contributed by atoms with E-state index in [1.54, 1.807) is 32.9 Å². The fourth-order valence-electron chi connectivity index (χ4n) is 1.91. The van der Waals surface area contributed by atoms with Crippen LogP contribution < -0.4 is 4.72 Å². The fourth-order valence-corrected chi connectivity index (χ4v) is 5.67. The van der Waals surface area contributed by atoms with Crippen LogP contribution in [0.5, 0.6) is 0 Å². The third-order valence-corrected chi connectivity index (χ3v) is 7.22. The molecule has 0 spiro atoms. The summed E-state index contributed by atoms with van der Waals surface area (Å²) in [6.45, 7) is 7.26. The minimum absolute atomic E-state index is 0.0314. The van der Waals surface area contributed by atoms with Gasteiger partial charge in [0.2, 0.25) is 20.0 Å². The summed E-state index contributed by atoms with van der Waals surface area (Å²) in [4.78, 5) is 0.905. The van der Waals surface area contributed by atoms with Crippen molar-refractivity contribution < 1.29 is 16.8 Å². The van der Waals surface area contributed by atoms with Gasteiger partial charge in [0.25, 0.3) is 0 Å². The van der Waals surface area contributed by atoms with Gasteiger partial charge < -0.3 is 0 Å². The number of nitrogens with one attached hydrogen (secondary N) is 1. The van der Waals surface area contributed by atoms with E-state index in [4.69, 9.17) is 0 Å². The van der Waals surface area contributed by atoms with E-state index < -0.39 is 25.6 Å². The zero-order chi connectivity index (χ0) is 16.5. The molecule has 0 unspecified atom stereocenters. The van der Waals surface area contributed by atoms with E-state index in [9.17, 15) is 16.8 Å². The van der Waals surface area contributed by atoms with Crippen LogP contribution in [-0.4, -0.2) is 46.0 Å². The van der Waals surface area contributed by atoms with Gasteiger partial charge in [0.1, 0.15) is 4.21 Å². The molecular weight excluding hydrogens is 332 g/mol. The minimum atomic E-state index is -3.58. The zero-order valence-corrected chi connectivity index (χ0v) is 15.3. The topological polar surface area (TPSA) is 83.6 Å². The Kier molecular flexibility index (Phi) is 5.60. The highest BCUT2D eigenvalue weighted by Gasteiger charge is 2.29. The summed E-state index contributed by atoms with van der Waals surface area (Å²) >= 11 is 1.18. The smallest absolute Gasteiger partial charge is 0.212 e. The van der Waals surface area contributed by atoms with Gasteiger partial charge in [-0.2, -0.15) is 4.31 Å². The van der Waals surface area contributed by atoms with E-state index in [-0.39, 0.29) is 17.3 Å². The summed E-state index contributed by atoms with van der Waals surface area (Å²) in [5, 5.41) is 0. The summed E-state index contributed by atoms with van der Waals surface area (Å²) in [5.41, 5.74) is -0.599. The lowest BCUT2D eigenvalue weighted by Crippen LogP contribution is -2.48. The third-order valence-electron chi connectivity index (χ3n) is 2.74. The van der Waals surface area contributed by atoms with Crippen LogP contribution in [0.15, 0.2) is 16.3 Å². The highest BCUT2D eigenvalue weighted by molar-refractivity contribution is 7.91. The Labute approximate surface area is 131 Å². The molecule has 122 valence electrons. The molecule has 0 aliphatic rings. The van der Waals surface area contributed by atoms with Crippen LogP contribution >= 0.6 is 11.3 Å². The summed E-state index contributed by atoms with van der Waals surface area (Å²) in [6, 6.07) is 3.28. The lowest BCUT2D eigenvalue weighted by Gasteiger charge is -2.33. The van der Waals surface area contributed by atoms with Crippen LogP contribution in [0.2, 0.25) is 0 Å². The number of sulfonamides is 2. The van der Waals surface area contributed by atoms with Crippen LogP contribution in [0, 0.1) is 6.92 Å². The molecule has 0 aliphatic carbocycles. The van der Waals surface area contributed by atoms with Crippen molar-refractivity contribution in [2.75, 3.05) is 19.3 Å². The second-order valence-corrected chi connectivity index (χ2v) is 11.0. The number of nitrogens with zero attached hydrogens (tertiary/aromatic N) is 1. The number of thiophene rings is 1. The predicted molar refractivity (Wildman–Crippen MR) is 85.5 cm³/mol. The maximum Gasteiger partial charge on any atom is 0.250 e.